The van der Waals surface area contributed by atoms with Crippen molar-refractivity contribution in [2.24, 2.45) is 0 Å². The number of anilines is 6. The van der Waals surface area contributed by atoms with Crippen LogP contribution in [0.4, 0.5) is 34.1 Å². The quantitative estimate of drug-likeness (QED) is 0.115. The first-order valence-corrected chi connectivity index (χ1v) is 49.5. The van der Waals surface area contributed by atoms with Crippen LogP contribution in [0.15, 0.2) is 518 Å². The van der Waals surface area contributed by atoms with E-state index in [2.05, 4.69) is 513 Å². The number of nitrogens with zero attached hydrogens (tertiary/aromatic N) is 2. The third-order valence-electron chi connectivity index (χ3n) is 31.1. The van der Waals surface area contributed by atoms with E-state index in [0.29, 0.717) is 0 Å². The van der Waals surface area contributed by atoms with Crippen molar-refractivity contribution >= 4 is 121 Å². The zero-order valence-electron chi connectivity index (χ0n) is 78.0. The molecule has 0 fully saturated rings. The minimum atomic E-state index is -0.713. The molecule has 30 rings (SSSR count). The van der Waals surface area contributed by atoms with Crippen LogP contribution in [-0.4, -0.2) is 0 Å². The summed E-state index contributed by atoms with van der Waals surface area (Å²) in [7, 11) is 0. The van der Waals surface area contributed by atoms with Crippen molar-refractivity contribution in [3.05, 3.63) is 554 Å². The third kappa shape index (κ3) is 12.2. The fourth-order valence-electron chi connectivity index (χ4n) is 24.7. The van der Waals surface area contributed by atoms with E-state index in [-0.39, 0.29) is 0 Å². The van der Waals surface area contributed by atoms with Crippen LogP contribution in [0.3, 0.4) is 0 Å². The molecule has 0 unspecified atom stereocenters. The van der Waals surface area contributed by atoms with E-state index in [1.54, 1.807) is 0 Å². The zero-order valence-corrected chi connectivity index (χ0v) is 78.0. The first-order valence-electron chi connectivity index (χ1n) is 49.5. The average molecular weight is 1830 g/mol. The van der Waals surface area contributed by atoms with Gasteiger partial charge in [-0.1, -0.05) is 406 Å². The van der Waals surface area contributed by atoms with Crippen LogP contribution in [0.2, 0.25) is 0 Å². The molecule has 4 heterocycles. The summed E-state index contributed by atoms with van der Waals surface area (Å²) in [4.78, 5) is 4.83. The number of ether oxygens (including phenoxy) is 2. The molecule has 2 aliphatic carbocycles. The lowest BCUT2D eigenvalue weighted by Crippen LogP contribution is -2.32. The molecule has 2 spiro atoms. The highest BCUT2D eigenvalue weighted by Crippen LogP contribution is 2.67. The lowest BCUT2D eigenvalue weighted by molar-refractivity contribution is 0.447. The van der Waals surface area contributed by atoms with Gasteiger partial charge in [0.1, 0.15) is 45.3 Å². The molecule has 670 valence electrons. The lowest BCUT2D eigenvalue weighted by atomic mass is 9.65. The molecule has 0 saturated heterocycles. The van der Waals surface area contributed by atoms with E-state index in [9.17, 15) is 0 Å². The molecule has 0 N–H and O–H groups in total. The van der Waals surface area contributed by atoms with Gasteiger partial charge in [-0.15, -0.1) is 0 Å². The van der Waals surface area contributed by atoms with Gasteiger partial charge in [-0.3, -0.25) is 0 Å². The summed E-state index contributed by atoms with van der Waals surface area (Å²) in [6.45, 7) is 0. The fourth-order valence-corrected chi connectivity index (χ4v) is 24.7. The van der Waals surface area contributed by atoms with E-state index < -0.39 is 10.8 Å². The molecule has 24 aromatic carbocycles. The van der Waals surface area contributed by atoms with Gasteiger partial charge in [-0.2, -0.15) is 0 Å². The van der Waals surface area contributed by atoms with Gasteiger partial charge >= 0.3 is 0 Å². The van der Waals surface area contributed by atoms with E-state index in [0.717, 1.165) is 244 Å². The normalized spacial score (nSPS) is 13.1. The van der Waals surface area contributed by atoms with Gasteiger partial charge in [0.15, 0.2) is 0 Å². The van der Waals surface area contributed by atoms with Crippen molar-refractivity contribution < 1.29 is 18.3 Å². The predicted molar refractivity (Wildman–Crippen MR) is 593 cm³/mol. The number of furan rings is 2. The van der Waals surface area contributed by atoms with Gasteiger partial charge < -0.3 is 28.1 Å². The molecule has 2 aliphatic heterocycles. The summed E-state index contributed by atoms with van der Waals surface area (Å²) in [6, 6.07) is 187. The Bertz CT molecular complexity index is 9720. The van der Waals surface area contributed by atoms with Crippen molar-refractivity contribution in [2.75, 3.05) is 9.80 Å². The molecule has 4 aliphatic rings. The van der Waals surface area contributed by atoms with Crippen molar-refractivity contribution in [3.8, 4) is 123 Å². The Labute approximate surface area is 831 Å². The van der Waals surface area contributed by atoms with Crippen molar-refractivity contribution in [3.63, 3.8) is 0 Å². The maximum atomic E-state index is 7.39. The van der Waals surface area contributed by atoms with Gasteiger partial charge in [0.05, 0.1) is 16.5 Å². The van der Waals surface area contributed by atoms with Crippen LogP contribution < -0.4 is 19.3 Å². The SMILES string of the molecule is c1ccc(-c2ccccc2N(c2ccc(-c3cccc4c3oc3ccc(-c5cccc(-c6cccc(N(c7ccc(-c8cccc9c8oc8ccccc89)cc7)c7cccc(-c8ccc9c(c8)C8(c%10ccccc%10-9)c9ccc%10ccccc%10c9Oc9c8ccc8ccccc98)c7)c6)c5)cc34)cc2)c2cccc(-c3ccc4c(c3)C3(c5ccccc5-4)c4ccc5ccccc5c4Oc4c3ccc3ccccc43)c2)cc1. The highest BCUT2D eigenvalue weighted by atomic mass is 16.5. The van der Waals surface area contributed by atoms with Gasteiger partial charge in [-0.25, -0.2) is 0 Å². The molecular weight excluding hydrogens is 1750 g/mol. The van der Waals surface area contributed by atoms with Gasteiger partial charge in [0.25, 0.3) is 0 Å². The van der Waals surface area contributed by atoms with E-state index in [1.807, 2.05) is 6.07 Å². The predicted octanol–water partition coefficient (Wildman–Crippen LogP) is 37.6. The highest BCUT2D eigenvalue weighted by molar-refractivity contribution is 6.13. The molecular formula is C138H84N2O4. The van der Waals surface area contributed by atoms with Crippen LogP contribution >= 0.6 is 0 Å². The van der Waals surface area contributed by atoms with Crippen LogP contribution in [0.5, 0.6) is 23.0 Å². The minimum absolute atomic E-state index is 0.701. The standard InChI is InChI=1S/C138H84N2O4/c1-2-26-85(27-3-1)105-40-14-18-54-128(105)140(104-39-23-36-96(81-104)99-61-72-115-113-46-13-17-53-121(113)138(127(115)84-99)124-75-64-88-30-6-10-43-110(88)135(124)144-136-111-44-11-7-31-89(111)65-76-125(136)138)101-69-58-91(59-70-101)107-49-25-51-118-119-82-97(66-77-130(119)142-132(107)118)93-33-20-32-92(78-93)94-34-21-37-102(79-94)139(100-67-56-90(57-68-100)106-48-24-50-117-116-47-15-19-55-129(116)141-131(106)117)103-38-22-35-95(80-103)98-60-71-114-112-45-12-16-52-120(112)137(126(114)83-98)122-73-62-86-28-4-8-41-108(86)133(122)143-134-109-42-9-5-29-87(109)63-74-123(134)137/h1-84H. The summed E-state index contributed by atoms with van der Waals surface area (Å²) in [5.74, 6) is 3.59. The molecule has 0 saturated carbocycles. The molecule has 0 amide bonds. The van der Waals surface area contributed by atoms with Crippen molar-refractivity contribution in [1.29, 1.82) is 0 Å². The molecule has 6 heteroatoms. The van der Waals surface area contributed by atoms with Crippen LogP contribution in [0, 0.1) is 0 Å². The van der Waals surface area contributed by atoms with E-state index >= 15 is 0 Å². The van der Waals surface area contributed by atoms with Crippen molar-refractivity contribution in [1.82, 2.24) is 0 Å². The molecule has 2 aromatic heterocycles. The maximum absolute atomic E-state index is 7.39. The number of hydrogen-bond donors (Lipinski definition) is 0. The molecule has 144 heavy (non-hydrogen) atoms. The second-order valence-corrected chi connectivity index (χ2v) is 38.6. The number of hydrogen-bond acceptors (Lipinski definition) is 6. The Morgan fingerprint density at radius 2 is 0.465 bits per heavy atom. The minimum Gasteiger partial charge on any atom is -0.455 e. The summed E-state index contributed by atoms with van der Waals surface area (Å²) < 4.78 is 28.5. The summed E-state index contributed by atoms with van der Waals surface area (Å²) >= 11 is 0. The summed E-state index contributed by atoms with van der Waals surface area (Å²) in [6.07, 6.45) is 0. The Morgan fingerprint density at radius 3 is 0.944 bits per heavy atom. The van der Waals surface area contributed by atoms with E-state index in [1.165, 1.54) is 44.5 Å². The molecule has 0 atom stereocenters. The third-order valence-corrected chi connectivity index (χ3v) is 31.1. The van der Waals surface area contributed by atoms with Crippen molar-refractivity contribution in [2.45, 2.75) is 10.8 Å². The summed E-state index contributed by atoms with van der Waals surface area (Å²) in [5.41, 5.74) is 37.7. The first kappa shape index (κ1) is 81.2. The Hall–Kier alpha value is -18.9. The highest BCUT2D eigenvalue weighted by Gasteiger charge is 2.54. The Kier molecular flexibility index (Phi) is 17.9. The molecule has 0 radical (unpaired) electrons. The number of rotatable bonds is 13. The second-order valence-electron chi connectivity index (χ2n) is 38.6. The molecule has 26 aromatic rings. The summed E-state index contributed by atoms with van der Waals surface area (Å²) in [5, 5.41) is 13.2. The molecule has 6 nitrogen and oxygen atoms in total. The number of fused-ring (bicyclic) bond motifs is 32. The average Bonchev–Trinajstić information content (AvgIpc) is 1.48. The Balaban J connectivity index is 0.500. The molecule has 0 bridgehead atoms. The van der Waals surface area contributed by atoms with Crippen LogP contribution in [0.1, 0.15) is 44.5 Å². The van der Waals surface area contributed by atoms with Gasteiger partial charge in [-0.05, 0) is 230 Å². The lowest BCUT2D eigenvalue weighted by Gasteiger charge is -2.40. The smallest absolute Gasteiger partial charge is 0.143 e. The van der Waals surface area contributed by atoms with Crippen LogP contribution in [0.25, 0.3) is 187 Å². The van der Waals surface area contributed by atoms with Gasteiger partial charge in [0, 0.05) is 110 Å². The second kappa shape index (κ2) is 31.8. The monoisotopic (exact) mass is 1830 g/mol. The Morgan fingerprint density at radius 1 is 0.153 bits per heavy atom. The largest absolute Gasteiger partial charge is 0.455 e. The van der Waals surface area contributed by atoms with Gasteiger partial charge in [0.2, 0.25) is 0 Å². The van der Waals surface area contributed by atoms with Crippen LogP contribution in [-0.2, 0) is 10.8 Å². The zero-order chi connectivity index (χ0) is 94.4. The number of benzene rings is 24. The van der Waals surface area contributed by atoms with E-state index in [4.69, 9.17) is 18.3 Å². The topological polar surface area (TPSA) is 51.2 Å². The number of para-hydroxylation sites is 4. The first-order chi connectivity index (χ1) is 71.4. The maximum Gasteiger partial charge on any atom is 0.143 e. The fraction of sp³-hybridized carbons (Fsp3) is 0.0145.